The molecular formula is C26H31N5O5S. The smallest absolute Gasteiger partial charge is 0.247 e. The Kier molecular flexibility index (Phi) is 8.16. The fraction of sp³-hybridized carbons (Fsp3) is 0.385. The number of amides is 1. The number of hydrogen-bond donors (Lipinski definition) is 1. The van der Waals surface area contributed by atoms with Crippen LogP contribution >= 0.6 is 0 Å². The Morgan fingerprint density at radius 2 is 1.95 bits per heavy atom. The van der Waals surface area contributed by atoms with Gasteiger partial charge in [0.05, 0.1) is 19.6 Å². The first-order valence-corrected chi connectivity index (χ1v) is 13.5. The van der Waals surface area contributed by atoms with Crippen molar-refractivity contribution in [3.63, 3.8) is 0 Å². The number of carbonyl (C=O) groups is 1. The molecule has 1 N–H and O–H groups in total. The minimum atomic E-state index is -3.97. The fourth-order valence-corrected chi connectivity index (χ4v) is 6.08. The van der Waals surface area contributed by atoms with Crippen LogP contribution in [0, 0.1) is 5.92 Å². The molecule has 0 spiro atoms. The first kappa shape index (κ1) is 26.6. The minimum absolute atomic E-state index is 0.00893. The first-order valence-electron chi connectivity index (χ1n) is 12.0. The van der Waals surface area contributed by atoms with Crippen molar-refractivity contribution < 1.29 is 23.1 Å². The Morgan fingerprint density at radius 1 is 1.19 bits per heavy atom. The van der Waals surface area contributed by atoms with Gasteiger partial charge in [-0.3, -0.25) is 9.78 Å². The number of carbonyl (C=O) groups excluding carboxylic acids is 1. The number of fused-ring (bicyclic) bond motifs is 1. The van der Waals surface area contributed by atoms with Gasteiger partial charge in [-0.25, -0.2) is 18.4 Å². The third kappa shape index (κ3) is 5.95. The summed E-state index contributed by atoms with van der Waals surface area (Å²) in [6.45, 7) is 3.61. The van der Waals surface area contributed by atoms with Crippen LogP contribution in [0.25, 0.3) is 11.1 Å². The zero-order valence-corrected chi connectivity index (χ0v) is 21.9. The normalized spacial score (nSPS) is 20.1. The Labute approximate surface area is 217 Å². The Hall–Kier alpha value is -3.41. The highest BCUT2D eigenvalue weighted by Gasteiger charge is 2.38. The van der Waals surface area contributed by atoms with Crippen LogP contribution in [-0.2, 0) is 21.2 Å². The largest absolute Gasteiger partial charge is 0.487 e. The van der Waals surface area contributed by atoms with Crippen LogP contribution in [0.2, 0.25) is 0 Å². The van der Waals surface area contributed by atoms with Gasteiger partial charge in [-0.15, -0.1) is 0 Å². The van der Waals surface area contributed by atoms with Crippen LogP contribution in [-0.4, -0.2) is 82.5 Å². The maximum absolute atomic E-state index is 13.7. The third-order valence-electron chi connectivity index (χ3n) is 6.52. The van der Waals surface area contributed by atoms with E-state index in [1.165, 1.54) is 16.7 Å². The van der Waals surface area contributed by atoms with E-state index in [-0.39, 0.29) is 48.6 Å². The summed E-state index contributed by atoms with van der Waals surface area (Å²) in [4.78, 5) is 26.7. The first-order chi connectivity index (χ1) is 17.7. The van der Waals surface area contributed by atoms with Gasteiger partial charge in [-0.1, -0.05) is 19.1 Å². The Balaban J connectivity index is 1.69. The van der Waals surface area contributed by atoms with Gasteiger partial charge in [0.15, 0.2) is 0 Å². The van der Waals surface area contributed by atoms with E-state index in [2.05, 4.69) is 15.0 Å². The number of likely N-dealkylation sites (N-methyl/N-ethyl adjacent to an activating group) is 1. The van der Waals surface area contributed by atoms with E-state index in [4.69, 9.17) is 4.74 Å². The molecular weight excluding hydrogens is 494 g/mol. The van der Waals surface area contributed by atoms with Crippen molar-refractivity contribution in [2.45, 2.75) is 37.3 Å². The van der Waals surface area contributed by atoms with Crippen LogP contribution in [0.15, 0.2) is 66.3 Å². The Bertz CT molecular complexity index is 1320. The van der Waals surface area contributed by atoms with Crippen LogP contribution in [0.1, 0.15) is 19.4 Å². The second-order valence-electron chi connectivity index (χ2n) is 9.34. The number of benzene rings is 1. The molecule has 0 radical (unpaired) electrons. The summed E-state index contributed by atoms with van der Waals surface area (Å²) in [5.41, 5.74) is 2.21. The van der Waals surface area contributed by atoms with E-state index >= 15 is 0 Å². The lowest BCUT2D eigenvalue weighted by molar-refractivity contribution is -0.130. The van der Waals surface area contributed by atoms with Crippen LogP contribution in [0.4, 0.5) is 0 Å². The van der Waals surface area contributed by atoms with Gasteiger partial charge in [-0.2, -0.15) is 4.31 Å². The molecule has 3 heterocycles. The number of sulfonamides is 1. The van der Waals surface area contributed by atoms with E-state index in [0.717, 1.165) is 5.56 Å². The van der Waals surface area contributed by atoms with E-state index in [9.17, 15) is 18.3 Å². The molecule has 3 atom stereocenters. The molecule has 1 aromatic carbocycles. The molecule has 1 aliphatic heterocycles. The number of aliphatic hydroxyl groups is 1. The number of ether oxygens (including phenoxy) is 1. The standard InChI is InChI=1S/C26H31N5O5S/c1-18-14-31(19(2)16-32)37(34,35)25-7-6-21(22-12-28-17-29-13-22)10-23(25)36-24(18)15-30(3)26(33)9-20-5-4-8-27-11-20/h4-8,10-13,17-19,24,32H,9,14-16H2,1-3H3/t18-,19+,24-/m1/s1. The topological polar surface area (TPSA) is 126 Å². The molecule has 0 unspecified atom stereocenters. The maximum atomic E-state index is 13.7. The average Bonchev–Trinajstić information content (AvgIpc) is 2.91. The molecule has 0 aliphatic carbocycles. The van der Waals surface area contributed by atoms with Gasteiger partial charge in [0.25, 0.3) is 0 Å². The van der Waals surface area contributed by atoms with E-state index in [1.807, 2.05) is 13.0 Å². The lowest BCUT2D eigenvalue weighted by atomic mass is 10.0. The van der Waals surface area contributed by atoms with E-state index in [0.29, 0.717) is 11.1 Å². The number of aliphatic hydroxyl groups excluding tert-OH is 1. The molecule has 0 saturated carbocycles. The molecule has 10 nitrogen and oxygen atoms in total. The van der Waals surface area contributed by atoms with Crippen molar-refractivity contribution in [3.05, 3.63) is 67.0 Å². The highest BCUT2D eigenvalue weighted by Crippen LogP contribution is 2.36. The monoisotopic (exact) mass is 525 g/mol. The summed E-state index contributed by atoms with van der Waals surface area (Å²) < 4.78 is 35.0. The number of rotatable bonds is 7. The van der Waals surface area contributed by atoms with Crippen molar-refractivity contribution in [2.75, 3.05) is 26.7 Å². The summed E-state index contributed by atoms with van der Waals surface area (Å²) in [7, 11) is -2.26. The number of pyridine rings is 1. The molecule has 37 heavy (non-hydrogen) atoms. The molecule has 196 valence electrons. The molecule has 0 saturated heterocycles. The van der Waals surface area contributed by atoms with E-state index in [1.54, 1.807) is 61.9 Å². The molecule has 1 aliphatic rings. The van der Waals surface area contributed by atoms with Crippen molar-refractivity contribution in [2.24, 2.45) is 5.92 Å². The predicted octanol–water partition coefficient (Wildman–Crippen LogP) is 2.01. The van der Waals surface area contributed by atoms with Crippen molar-refractivity contribution in [1.29, 1.82) is 0 Å². The minimum Gasteiger partial charge on any atom is -0.487 e. The number of aromatic nitrogens is 3. The third-order valence-corrected chi connectivity index (χ3v) is 8.54. The Morgan fingerprint density at radius 3 is 2.62 bits per heavy atom. The summed E-state index contributed by atoms with van der Waals surface area (Å²) in [5, 5.41) is 9.82. The number of hydrogen-bond acceptors (Lipinski definition) is 8. The van der Waals surface area contributed by atoms with Gasteiger partial charge >= 0.3 is 0 Å². The zero-order chi connectivity index (χ0) is 26.6. The molecule has 3 aromatic rings. The quantitative estimate of drug-likeness (QED) is 0.497. The SMILES string of the molecule is C[C@@H]1CN([C@@H](C)CO)S(=O)(=O)c2ccc(-c3cncnc3)cc2O[C@@H]1CN(C)C(=O)Cc1cccnc1. The zero-order valence-electron chi connectivity index (χ0n) is 21.1. The lowest BCUT2D eigenvalue weighted by Crippen LogP contribution is -2.50. The molecule has 2 aromatic heterocycles. The molecule has 0 fully saturated rings. The maximum Gasteiger partial charge on any atom is 0.247 e. The fourth-order valence-electron chi connectivity index (χ4n) is 4.26. The van der Waals surface area contributed by atoms with Gasteiger partial charge in [0.2, 0.25) is 15.9 Å². The van der Waals surface area contributed by atoms with Crippen molar-refractivity contribution in [3.8, 4) is 16.9 Å². The summed E-state index contributed by atoms with van der Waals surface area (Å²) in [6.07, 6.45) is 7.69. The van der Waals surface area contributed by atoms with Crippen LogP contribution < -0.4 is 4.74 Å². The van der Waals surface area contributed by atoms with Crippen molar-refractivity contribution >= 4 is 15.9 Å². The summed E-state index contributed by atoms with van der Waals surface area (Å²) in [5.74, 6) is -0.204. The van der Waals surface area contributed by atoms with Gasteiger partial charge < -0.3 is 14.7 Å². The van der Waals surface area contributed by atoms with E-state index < -0.39 is 22.2 Å². The second kappa shape index (κ2) is 11.3. The van der Waals surface area contributed by atoms with Crippen LogP contribution in [0.5, 0.6) is 5.75 Å². The molecule has 4 rings (SSSR count). The average molecular weight is 526 g/mol. The highest BCUT2D eigenvalue weighted by atomic mass is 32.2. The molecule has 11 heteroatoms. The summed E-state index contributed by atoms with van der Waals surface area (Å²) in [6, 6.07) is 7.85. The number of nitrogens with zero attached hydrogens (tertiary/aromatic N) is 5. The van der Waals surface area contributed by atoms with Crippen LogP contribution in [0.3, 0.4) is 0 Å². The highest BCUT2D eigenvalue weighted by molar-refractivity contribution is 7.89. The molecule has 0 bridgehead atoms. The lowest BCUT2D eigenvalue weighted by Gasteiger charge is -2.37. The summed E-state index contributed by atoms with van der Waals surface area (Å²) >= 11 is 0. The van der Waals surface area contributed by atoms with Gasteiger partial charge in [0.1, 0.15) is 23.1 Å². The second-order valence-corrected chi connectivity index (χ2v) is 11.2. The van der Waals surface area contributed by atoms with Crippen molar-refractivity contribution in [1.82, 2.24) is 24.2 Å². The predicted molar refractivity (Wildman–Crippen MR) is 137 cm³/mol. The molecule has 1 amide bonds. The van der Waals surface area contributed by atoms with Gasteiger partial charge in [-0.05, 0) is 36.2 Å². The van der Waals surface area contributed by atoms with Gasteiger partial charge in [0, 0.05) is 55.9 Å².